The van der Waals surface area contributed by atoms with Crippen LogP contribution >= 0.6 is 0 Å². The zero-order valence-electron chi connectivity index (χ0n) is 17.8. The minimum atomic E-state index is -0.584. The molecule has 1 heterocycles. The molecule has 2 aromatic rings. The first-order valence-corrected chi connectivity index (χ1v) is 10.6. The van der Waals surface area contributed by atoms with Gasteiger partial charge in [-0.15, -0.1) is 0 Å². The van der Waals surface area contributed by atoms with Gasteiger partial charge >= 0.3 is 0 Å². The normalized spacial score (nSPS) is 15.5. The van der Waals surface area contributed by atoms with Crippen molar-refractivity contribution in [2.24, 2.45) is 0 Å². The summed E-state index contributed by atoms with van der Waals surface area (Å²) < 4.78 is 0. The Morgan fingerprint density at radius 3 is 1.97 bits per heavy atom. The topological polar surface area (TPSA) is 72.9 Å². The third kappa shape index (κ3) is 7.00. The molecule has 6 nitrogen and oxygen atoms in total. The molecule has 1 saturated heterocycles. The fraction of sp³-hybridized carbons (Fsp3) is 0.280. The van der Waals surface area contributed by atoms with Crippen molar-refractivity contribution in [3.63, 3.8) is 0 Å². The van der Waals surface area contributed by atoms with Crippen LogP contribution in [0.1, 0.15) is 34.0 Å². The molecule has 31 heavy (non-hydrogen) atoms. The maximum atomic E-state index is 12.5. The average Bonchev–Trinajstić information content (AvgIpc) is 2.82. The molecule has 2 N–H and O–H groups in total. The first kappa shape index (κ1) is 22.6. The van der Waals surface area contributed by atoms with Crippen LogP contribution in [0, 0.1) is 0 Å². The zero-order chi connectivity index (χ0) is 22.1. The summed E-state index contributed by atoms with van der Waals surface area (Å²) in [6.45, 7) is 8.64. The minimum absolute atomic E-state index is 0.0355. The molecule has 3 rings (SSSR count). The van der Waals surface area contributed by atoms with Crippen molar-refractivity contribution in [1.29, 1.82) is 0 Å². The summed E-state index contributed by atoms with van der Waals surface area (Å²) in [5, 5.41) is 8.48. The summed E-state index contributed by atoms with van der Waals surface area (Å²) in [4.78, 5) is 28.4. The molecule has 0 radical (unpaired) electrons. The van der Waals surface area contributed by atoms with Crippen LogP contribution in [0.3, 0.4) is 0 Å². The van der Waals surface area contributed by atoms with Crippen molar-refractivity contribution in [3.05, 3.63) is 82.9 Å². The molecular formula is C25H29N3O3. The van der Waals surface area contributed by atoms with E-state index in [1.165, 1.54) is 11.6 Å². The number of hydrogen-bond donors (Lipinski definition) is 2. The number of amides is 1. The first-order chi connectivity index (χ1) is 15.1. The molecule has 0 aromatic heterocycles. The second-order valence-electron chi connectivity index (χ2n) is 7.58. The Balaban J connectivity index is 1.52. The van der Waals surface area contributed by atoms with Crippen molar-refractivity contribution in [3.8, 4) is 0 Å². The molecule has 0 aliphatic carbocycles. The Bertz CT molecular complexity index is 925. The molecule has 0 spiro atoms. The lowest BCUT2D eigenvalue weighted by Gasteiger charge is -2.34. The summed E-state index contributed by atoms with van der Waals surface area (Å²) in [7, 11) is 0. The largest absolute Gasteiger partial charge is 0.301 e. The number of piperazine rings is 1. The number of benzene rings is 2. The standard InChI is InChI=1S/C25H29N3O3/c1-2-27-15-17-28(18-16-27)19-22-7-11-23(12-8-22)24(29)13-9-20-3-5-21(6-4-20)10-14-25(30)26-31/h3-14,31H,2,15-19H2,1H3,(H,26,30). The molecule has 0 bridgehead atoms. The van der Waals surface area contributed by atoms with Crippen LogP contribution in [-0.4, -0.2) is 59.4 Å². The van der Waals surface area contributed by atoms with Gasteiger partial charge in [0.1, 0.15) is 0 Å². The Kier molecular flexibility index (Phi) is 8.29. The molecular weight excluding hydrogens is 390 g/mol. The lowest BCUT2D eigenvalue weighted by molar-refractivity contribution is -0.124. The molecule has 0 atom stereocenters. The van der Waals surface area contributed by atoms with E-state index in [-0.39, 0.29) is 5.78 Å². The van der Waals surface area contributed by atoms with E-state index in [2.05, 4.69) is 16.7 Å². The van der Waals surface area contributed by atoms with Crippen molar-refractivity contribution < 1.29 is 14.8 Å². The van der Waals surface area contributed by atoms with E-state index in [1.807, 2.05) is 48.5 Å². The Morgan fingerprint density at radius 1 is 0.871 bits per heavy atom. The van der Waals surface area contributed by atoms with E-state index < -0.39 is 5.91 Å². The third-order valence-corrected chi connectivity index (χ3v) is 5.46. The number of hydrogen-bond acceptors (Lipinski definition) is 5. The molecule has 162 valence electrons. The summed E-state index contributed by atoms with van der Waals surface area (Å²) in [5.41, 5.74) is 5.15. The number of hydroxylamine groups is 1. The van der Waals surface area contributed by atoms with Crippen molar-refractivity contribution in [1.82, 2.24) is 15.3 Å². The van der Waals surface area contributed by atoms with E-state index in [0.717, 1.165) is 50.4 Å². The van der Waals surface area contributed by atoms with Gasteiger partial charge in [-0.2, -0.15) is 0 Å². The van der Waals surface area contributed by atoms with Gasteiger partial charge in [0.05, 0.1) is 0 Å². The molecule has 2 aromatic carbocycles. The molecule has 6 heteroatoms. The highest BCUT2D eigenvalue weighted by molar-refractivity contribution is 6.06. The smallest absolute Gasteiger partial charge is 0.267 e. The van der Waals surface area contributed by atoms with Crippen molar-refractivity contribution >= 4 is 23.8 Å². The molecule has 0 unspecified atom stereocenters. The van der Waals surface area contributed by atoms with Crippen LogP contribution in [0.4, 0.5) is 0 Å². The Hall–Kier alpha value is -3.06. The SMILES string of the molecule is CCN1CCN(Cc2ccc(C(=O)C=Cc3ccc(C=CC(=O)NO)cc3)cc2)CC1. The van der Waals surface area contributed by atoms with Gasteiger partial charge in [-0.1, -0.05) is 61.5 Å². The van der Waals surface area contributed by atoms with Crippen LogP contribution in [-0.2, 0) is 11.3 Å². The Morgan fingerprint density at radius 2 is 1.42 bits per heavy atom. The van der Waals surface area contributed by atoms with Gasteiger partial charge in [-0.3, -0.25) is 19.7 Å². The first-order valence-electron chi connectivity index (χ1n) is 10.6. The quantitative estimate of drug-likeness (QED) is 0.297. The fourth-order valence-corrected chi connectivity index (χ4v) is 3.49. The second-order valence-corrected chi connectivity index (χ2v) is 7.58. The zero-order valence-corrected chi connectivity index (χ0v) is 17.8. The summed E-state index contributed by atoms with van der Waals surface area (Å²) in [6, 6.07) is 15.3. The van der Waals surface area contributed by atoms with E-state index in [0.29, 0.717) is 5.56 Å². The lowest BCUT2D eigenvalue weighted by atomic mass is 10.1. The third-order valence-electron chi connectivity index (χ3n) is 5.46. The maximum Gasteiger partial charge on any atom is 0.267 e. The van der Waals surface area contributed by atoms with Crippen LogP contribution in [0.2, 0.25) is 0 Å². The average molecular weight is 420 g/mol. The number of carbonyl (C=O) groups excluding carboxylic acids is 2. The second kappa shape index (κ2) is 11.4. The van der Waals surface area contributed by atoms with E-state index >= 15 is 0 Å². The van der Waals surface area contributed by atoms with Gasteiger partial charge in [0, 0.05) is 44.4 Å². The molecule has 0 saturated carbocycles. The van der Waals surface area contributed by atoms with Crippen LogP contribution in [0.15, 0.2) is 60.7 Å². The van der Waals surface area contributed by atoms with Gasteiger partial charge in [0.2, 0.25) is 0 Å². The van der Waals surface area contributed by atoms with Crippen molar-refractivity contribution in [2.45, 2.75) is 13.5 Å². The maximum absolute atomic E-state index is 12.5. The lowest BCUT2D eigenvalue weighted by Crippen LogP contribution is -2.45. The highest BCUT2D eigenvalue weighted by atomic mass is 16.5. The number of rotatable bonds is 8. The van der Waals surface area contributed by atoms with Gasteiger partial charge in [0.25, 0.3) is 5.91 Å². The highest BCUT2D eigenvalue weighted by Gasteiger charge is 2.15. The number of ketones is 1. The molecule has 1 amide bonds. The summed E-state index contributed by atoms with van der Waals surface area (Å²) in [6.07, 6.45) is 6.18. The van der Waals surface area contributed by atoms with E-state index in [9.17, 15) is 9.59 Å². The number of nitrogens with one attached hydrogen (secondary N) is 1. The van der Waals surface area contributed by atoms with E-state index in [1.54, 1.807) is 23.7 Å². The van der Waals surface area contributed by atoms with Gasteiger partial charge in [-0.25, -0.2) is 5.48 Å². The van der Waals surface area contributed by atoms with Crippen LogP contribution in [0.5, 0.6) is 0 Å². The monoisotopic (exact) mass is 419 g/mol. The Labute approximate surface area is 183 Å². The summed E-state index contributed by atoms with van der Waals surface area (Å²) in [5.74, 6) is -0.619. The van der Waals surface area contributed by atoms with Gasteiger partial charge < -0.3 is 4.90 Å². The predicted octanol–water partition coefficient (Wildman–Crippen LogP) is 3.24. The van der Waals surface area contributed by atoms with E-state index in [4.69, 9.17) is 5.21 Å². The predicted molar refractivity (Wildman–Crippen MR) is 123 cm³/mol. The minimum Gasteiger partial charge on any atom is -0.301 e. The molecule has 1 fully saturated rings. The number of allylic oxidation sites excluding steroid dienone is 1. The van der Waals surface area contributed by atoms with Gasteiger partial charge in [-0.05, 0) is 35.4 Å². The van der Waals surface area contributed by atoms with Crippen LogP contribution < -0.4 is 5.48 Å². The highest BCUT2D eigenvalue weighted by Crippen LogP contribution is 2.12. The fourth-order valence-electron chi connectivity index (χ4n) is 3.49. The molecule has 1 aliphatic rings. The van der Waals surface area contributed by atoms with Crippen LogP contribution in [0.25, 0.3) is 12.2 Å². The number of nitrogens with zero attached hydrogens (tertiary/aromatic N) is 2. The molecule has 1 aliphatic heterocycles. The summed E-state index contributed by atoms with van der Waals surface area (Å²) >= 11 is 0. The van der Waals surface area contributed by atoms with Gasteiger partial charge in [0.15, 0.2) is 5.78 Å². The number of likely N-dealkylation sites (N-methyl/N-ethyl adjacent to an activating group) is 1. The number of carbonyl (C=O) groups is 2. The van der Waals surface area contributed by atoms with Crippen molar-refractivity contribution in [2.75, 3.05) is 32.7 Å².